The number of carbonyl (C=O) groups is 2. The SMILES string of the molecule is CCOc1ccc(N2C(=O)C(=O)/C(=C(\O)c3ccc(OC)c(Br)c3)C2c2ccco2)cc1. The monoisotopic (exact) mass is 497 g/mol. The van der Waals surface area contributed by atoms with Crippen molar-refractivity contribution < 1.29 is 28.6 Å². The Morgan fingerprint density at radius 3 is 2.50 bits per heavy atom. The van der Waals surface area contributed by atoms with Crippen LogP contribution >= 0.6 is 15.9 Å². The van der Waals surface area contributed by atoms with Gasteiger partial charge in [0, 0.05) is 11.3 Å². The van der Waals surface area contributed by atoms with Gasteiger partial charge in [-0.25, -0.2) is 0 Å². The van der Waals surface area contributed by atoms with Crippen LogP contribution in [0.4, 0.5) is 5.69 Å². The van der Waals surface area contributed by atoms with Gasteiger partial charge in [-0.2, -0.15) is 0 Å². The fourth-order valence-electron chi connectivity index (χ4n) is 3.65. The van der Waals surface area contributed by atoms with Gasteiger partial charge in [0.05, 0.1) is 30.0 Å². The Balaban J connectivity index is 1.85. The van der Waals surface area contributed by atoms with Crippen molar-refractivity contribution in [2.45, 2.75) is 13.0 Å². The molecule has 2 heterocycles. The molecule has 8 heteroatoms. The molecule has 1 saturated heterocycles. The number of halogens is 1. The topological polar surface area (TPSA) is 89.2 Å². The summed E-state index contributed by atoms with van der Waals surface area (Å²) in [6.45, 7) is 2.38. The van der Waals surface area contributed by atoms with E-state index in [0.717, 1.165) is 0 Å². The first-order valence-corrected chi connectivity index (χ1v) is 10.7. The summed E-state index contributed by atoms with van der Waals surface area (Å²) in [5, 5.41) is 11.1. The van der Waals surface area contributed by atoms with Crippen molar-refractivity contribution in [1.82, 2.24) is 0 Å². The molecule has 1 fully saturated rings. The van der Waals surface area contributed by atoms with Crippen molar-refractivity contribution in [2.24, 2.45) is 0 Å². The molecule has 0 spiro atoms. The highest BCUT2D eigenvalue weighted by atomic mass is 79.9. The van der Waals surface area contributed by atoms with E-state index in [0.29, 0.717) is 39.6 Å². The number of aliphatic hydroxyl groups excluding tert-OH is 1. The van der Waals surface area contributed by atoms with Gasteiger partial charge in [-0.1, -0.05) is 0 Å². The molecule has 7 nitrogen and oxygen atoms in total. The van der Waals surface area contributed by atoms with Crippen molar-refractivity contribution in [3.63, 3.8) is 0 Å². The highest BCUT2D eigenvalue weighted by molar-refractivity contribution is 9.10. The predicted octanol–water partition coefficient (Wildman–Crippen LogP) is 5.08. The van der Waals surface area contributed by atoms with E-state index in [-0.39, 0.29) is 11.3 Å². The predicted molar refractivity (Wildman–Crippen MR) is 122 cm³/mol. The molecule has 4 rings (SSSR count). The van der Waals surface area contributed by atoms with Crippen molar-refractivity contribution in [1.29, 1.82) is 0 Å². The third-order valence-electron chi connectivity index (χ3n) is 5.11. The number of carbonyl (C=O) groups excluding carboxylic acids is 2. The fraction of sp³-hybridized carbons (Fsp3) is 0.167. The standard InChI is InChI=1S/C24H20BrNO6/c1-3-31-16-9-7-15(8-10-16)26-21(19-5-4-12-32-19)20(23(28)24(26)29)22(27)14-6-11-18(30-2)17(25)13-14/h4-13,21,27H,3H2,1-2H3/b22-20-. The van der Waals surface area contributed by atoms with E-state index in [2.05, 4.69) is 15.9 Å². The lowest BCUT2D eigenvalue weighted by atomic mass is 9.99. The number of amides is 1. The average Bonchev–Trinajstić information content (AvgIpc) is 3.41. The van der Waals surface area contributed by atoms with Crippen LogP contribution in [0.15, 0.2) is 75.3 Å². The van der Waals surface area contributed by atoms with Crippen LogP contribution in [-0.4, -0.2) is 30.5 Å². The molecule has 32 heavy (non-hydrogen) atoms. The summed E-state index contributed by atoms with van der Waals surface area (Å²) in [6.07, 6.45) is 1.46. The highest BCUT2D eigenvalue weighted by Crippen LogP contribution is 2.43. The van der Waals surface area contributed by atoms with Crippen molar-refractivity contribution in [3.8, 4) is 11.5 Å². The van der Waals surface area contributed by atoms with Gasteiger partial charge in [0.25, 0.3) is 11.7 Å². The number of anilines is 1. The molecule has 164 valence electrons. The highest BCUT2D eigenvalue weighted by Gasteiger charge is 2.48. The van der Waals surface area contributed by atoms with Gasteiger partial charge in [-0.3, -0.25) is 14.5 Å². The molecule has 2 aromatic carbocycles. The van der Waals surface area contributed by atoms with Crippen LogP contribution in [0, 0.1) is 0 Å². The van der Waals surface area contributed by atoms with Gasteiger partial charge in [0.2, 0.25) is 0 Å². The van der Waals surface area contributed by atoms with Gasteiger partial charge < -0.3 is 19.0 Å². The Hall–Kier alpha value is -3.52. The Morgan fingerprint density at radius 2 is 1.91 bits per heavy atom. The summed E-state index contributed by atoms with van der Waals surface area (Å²) in [5.74, 6) is -0.299. The maximum absolute atomic E-state index is 13.1. The first-order valence-electron chi connectivity index (χ1n) is 9.87. The molecule has 0 saturated carbocycles. The Labute approximate surface area is 193 Å². The minimum atomic E-state index is -0.927. The molecule has 0 aliphatic carbocycles. The third kappa shape index (κ3) is 3.78. The van der Waals surface area contributed by atoms with Crippen LogP contribution in [0.2, 0.25) is 0 Å². The van der Waals surface area contributed by atoms with E-state index in [1.165, 1.54) is 18.3 Å². The second-order valence-corrected chi connectivity index (χ2v) is 7.82. The molecule has 1 N–H and O–H groups in total. The van der Waals surface area contributed by atoms with E-state index in [9.17, 15) is 14.7 Å². The number of benzene rings is 2. The summed E-state index contributed by atoms with van der Waals surface area (Å²) in [7, 11) is 1.53. The van der Waals surface area contributed by atoms with Crippen LogP contribution < -0.4 is 14.4 Å². The van der Waals surface area contributed by atoms with Crippen molar-refractivity contribution in [3.05, 3.63) is 82.2 Å². The summed E-state index contributed by atoms with van der Waals surface area (Å²) in [6, 6.07) is 14.1. The van der Waals surface area contributed by atoms with E-state index >= 15 is 0 Å². The second-order valence-electron chi connectivity index (χ2n) is 6.96. The number of hydrogen-bond acceptors (Lipinski definition) is 6. The van der Waals surface area contributed by atoms with E-state index in [4.69, 9.17) is 13.9 Å². The number of furan rings is 1. The summed E-state index contributed by atoms with van der Waals surface area (Å²) in [5.41, 5.74) is 0.779. The number of Topliss-reactive ketones (excluding diaryl/α,β-unsaturated/α-hetero) is 1. The molecular weight excluding hydrogens is 478 g/mol. The molecule has 1 unspecified atom stereocenters. The Kier molecular flexibility index (Phi) is 6.05. The molecule has 1 atom stereocenters. The lowest BCUT2D eigenvalue weighted by Crippen LogP contribution is -2.29. The van der Waals surface area contributed by atoms with Gasteiger partial charge in [-0.15, -0.1) is 0 Å². The molecule has 1 aliphatic rings. The van der Waals surface area contributed by atoms with Crippen LogP contribution in [0.3, 0.4) is 0 Å². The van der Waals surface area contributed by atoms with Crippen LogP contribution in [0.5, 0.6) is 11.5 Å². The van der Waals surface area contributed by atoms with E-state index in [1.54, 1.807) is 54.6 Å². The first kappa shape index (κ1) is 21.7. The van der Waals surface area contributed by atoms with Crippen LogP contribution in [0.25, 0.3) is 5.76 Å². The number of ether oxygens (including phenoxy) is 2. The van der Waals surface area contributed by atoms with Gasteiger partial charge >= 0.3 is 0 Å². The minimum Gasteiger partial charge on any atom is -0.507 e. The zero-order chi connectivity index (χ0) is 22.8. The number of ketones is 1. The first-order chi connectivity index (χ1) is 15.5. The van der Waals surface area contributed by atoms with Crippen LogP contribution in [0.1, 0.15) is 24.3 Å². The zero-order valence-electron chi connectivity index (χ0n) is 17.4. The van der Waals surface area contributed by atoms with Crippen molar-refractivity contribution >= 4 is 39.1 Å². The largest absolute Gasteiger partial charge is 0.507 e. The van der Waals surface area contributed by atoms with Gasteiger partial charge in [-0.05, 0) is 77.5 Å². The molecule has 0 bridgehead atoms. The van der Waals surface area contributed by atoms with Gasteiger partial charge in [0.15, 0.2) is 0 Å². The lowest BCUT2D eigenvalue weighted by molar-refractivity contribution is -0.132. The normalized spacial score (nSPS) is 17.6. The Morgan fingerprint density at radius 1 is 1.16 bits per heavy atom. The summed E-state index contributed by atoms with van der Waals surface area (Å²) in [4.78, 5) is 27.5. The molecule has 1 amide bonds. The average molecular weight is 498 g/mol. The number of hydrogen-bond donors (Lipinski definition) is 1. The maximum Gasteiger partial charge on any atom is 0.300 e. The fourth-order valence-corrected chi connectivity index (χ4v) is 4.19. The molecule has 1 aromatic heterocycles. The molecule has 3 aromatic rings. The number of rotatable bonds is 6. The van der Waals surface area contributed by atoms with Gasteiger partial charge in [0.1, 0.15) is 29.1 Å². The number of nitrogens with zero attached hydrogens (tertiary/aromatic N) is 1. The van der Waals surface area contributed by atoms with E-state index in [1.807, 2.05) is 6.92 Å². The quantitative estimate of drug-likeness (QED) is 0.290. The maximum atomic E-state index is 13.1. The molecule has 0 radical (unpaired) electrons. The number of aliphatic hydroxyl groups is 1. The smallest absolute Gasteiger partial charge is 0.300 e. The number of methoxy groups -OCH3 is 1. The lowest BCUT2D eigenvalue weighted by Gasteiger charge is -2.23. The molecule has 1 aliphatic heterocycles. The van der Waals surface area contributed by atoms with Crippen LogP contribution in [-0.2, 0) is 9.59 Å². The zero-order valence-corrected chi connectivity index (χ0v) is 19.0. The van der Waals surface area contributed by atoms with E-state index < -0.39 is 17.7 Å². The van der Waals surface area contributed by atoms with Crippen molar-refractivity contribution in [2.75, 3.05) is 18.6 Å². The summed E-state index contributed by atoms with van der Waals surface area (Å²) >= 11 is 3.38. The molecular formula is C24H20BrNO6. The Bertz CT molecular complexity index is 1180. The third-order valence-corrected chi connectivity index (χ3v) is 5.73. The summed E-state index contributed by atoms with van der Waals surface area (Å²) < 4.78 is 16.8. The second kappa shape index (κ2) is 8.92. The minimum absolute atomic E-state index is 0.0594.